The lowest BCUT2D eigenvalue weighted by Gasteiger charge is -2.04. The Balaban J connectivity index is 1.79. The standard InChI is InChI=1S/C17H15N3OS/c1-11-7-12(2)9-13(8-11)16(21)20-17-19-15(10-22-17)14-5-3-4-6-18-14/h3-10H,1-2H3,(H,19,20,21). The van der Waals surface area contributed by atoms with Crippen LogP contribution >= 0.6 is 11.3 Å². The van der Waals surface area contributed by atoms with Crippen LogP contribution < -0.4 is 5.32 Å². The smallest absolute Gasteiger partial charge is 0.257 e. The Morgan fingerprint density at radius 3 is 2.55 bits per heavy atom. The number of nitrogens with zero attached hydrogens (tertiary/aromatic N) is 2. The van der Waals surface area contributed by atoms with Crippen molar-refractivity contribution in [3.63, 3.8) is 0 Å². The minimum Gasteiger partial charge on any atom is -0.298 e. The molecule has 3 aromatic rings. The Hall–Kier alpha value is -2.53. The van der Waals surface area contributed by atoms with Gasteiger partial charge in [0.05, 0.1) is 5.69 Å². The van der Waals surface area contributed by atoms with Gasteiger partial charge >= 0.3 is 0 Å². The van der Waals surface area contributed by atoms with Crippen molar-refractivity contribution in [1.82, 2.24) is 9.97 Å². The van der Waals surface area contributed by atoms with Gasteiger partial charge in [0.15, 0.2) is 5.13 Å². The van der Waals surface area contributed by atoms with Crippen LogP contribution in [0.4, 0.5) is 5.13 Å². The van der Waals surface area contributed by atoms with E-state index < -0.39 is 0 Å². The number of carbonyl (C=O) groups excluding carboxylic acids is 1. The molecule has 22 heavy (non-hydrogen) atoms. The highest BCUT2D eigenvalue weighted by atomic mass is 32.1. The summed E-state index contributed by atoms with van der Waals surface area (Å²) in [4.78, 5) is 21.0. The van der Waals surface area contributed by atoms with E-state index >= 15 is 0 Å². The summed E-state index contributed by atoms with van der Waals surface area (Å²) in [6.07, 6.45) is 1.72. The van der Waals surface area contributed by atoms with E-state index in [2.05, 4.69) is 15.3 Å². The first-order valence-electron chi connectivity index (χ1n) is 6.88. The lowest BCUT2D eigenvalue weighted by molar-refractivity contribution is 0.102. The molecule has 4 nitrogen and oxygen atoms in total. The first-order valence-corrected chi connectivity index (χ1v) is 7.76. The van der Waals surface area contributed by atoms with Crippen molar-refractivity contribution in [2.75, 3.05) is 5.32 Å². The molecule has 0 atom stereocenters. The minimum atomic E-state index is -0.145. The minimum absolute atomic E-state index is 0.145. The summed E-state index contributed by atoms with van der Waals surface area (Å²) in [5.41, 5.74) is 4.34. The maximum atomic E-state index is 12.3. The van der Waals surface area contributed by atoms with E-state index in [1.54, 1.807) is 6.20 Å². The summed E-state index contributed by atoms with van der Waals surface area (Å²) in [5.74, 6) is -0.145. The number of benzene rings is 1. The van der Waals surface area contributed by atoms with Crippen LogP contribution in [0.1, 0.15) is 21.5 Å². The number of pyridine rings is 1. The maximum absolute atomic E-state index is 12.3. The highest BCUT2D eigenvalue weighted by molar-refractivity contribution is 7.14. The number of nitrogens with one attached hydrogen (secondary N) is 1. The summed E-state index contributed by atoms with van der Waals surface area (Å²) < 4.78 is 0. The summed E-state index contributed by atoms with van der Waals surface area (Å²) >= 11 is 1.39. The summed E-state index contributed by atoms with van der Waals surface area (Å²) in [7, 11) is 0. The fourth-order valence-corrected chi connectivity index (χ4v) is 2.94. The van der Waals surface area contributed by atoms with Crippen LogP contribution in [0.3, 0.4) is 0 Å². The maximum Gasteiger partial charge on any atom is 0.257 e. The van der Waals surface area contributed by atoms with Crippen molar-refractivity contribution in [2.24, 2.45) is 0 Å². The summed E-state index contributed by atoms with van der Waals surface area (Å²) in [5, 5.41) is 5.31. The van der Waals surface area contributed by atoms with Gasteiger partial charge in [0.25, 0.3) is 5.91 Å². The number of rotatable bonds is 3. The number of aryl methyl sites for hydroxylation is 2. The second-order valence-electron chi connectivity index (χ2n) is 5.08. The van der Waals surface area contributed by atoms with E-state index in [4.69, 9.17) is 0 Å². The Bertz CT molecular complexity index is 792. The third-order valence-electron chi connectivity index (χ3n) is 3.14. The number of carbonyl (C=O) groups is 1. The van der Waals surface area contributed by atoms with Crippen LogP contribution in [0.15, 0.2) is 48.0 Å². The second kappa shape index (κ2) is 6.07. The molecule has 0 fully saturated rings. The molecule has 0 aliphatic carbocycles. The number of amides is 1. The van der Waals surface area contributed by atoms with Gasteiger partial charge in [-0.1, -0.05) is 23.3 Å². The van der Waals surface area contributed by atoms with Gasteiger partial charge in [-0.15, -0.1) is 11.3 Å². The van der Waals surface area contributed by atoms with Gasteiger partial charge in [0.2, 0.25) is 0 Å². The van der Waals surface area contributed by atoms with Crippen molar-refractivity contribution in [3.8, 4) is 11.4 Å². The molecular weight excluding hydrogens is 294 g/mol. The number of aromatic nitrogens is 2. The normalized spacial score (nSPS) is 10.5. The topological polar surface area (TPSA) is 54.9 Å². The Kier molecular flexibility index (Phi) is 3.98. The molecule has 110 valence electrons. The predicted molar refractivity (Wildman–Crippen MR) is 89.2 cm³/mol. The number of anilines is 1. The fourth-order valence-electron chi connectivity index (χ4n) is 2.24. The molecule has 1 N–H and O–H groups in total. The molecule has 0 saturated heterocycles. The van der Waals surface area contributed by atoms with E-state index in [0.29, 0.717) is 10.7 Å². The fraction of sp³-hybridized carbons (Fsp3) is 0.118. The first kappa shape index (κ1) is 14.4. The molecule has 2 aromatic heterocycles. The van der Waals surface area contributed by atoms with Crippen molar-refractivity contribution in [2.45, 2.75) is 13.8 Å². The second-order valence-corrected chi connectivity index (χ2v) is 5.94. The predicted octanol–water partition coefficient (Wildman–Crippen LogP) is 4.07. The van der Waals surface area contributed by atoms with Crippen LogP contribution in [0.5, 0.6) is 0 Å². The van der Waals surface area contributed by atoms with Crippen LogP contribution in [0.25, 0.3) is 11.4 Å². The molecule has 0 bridgehead atoms. The van der Waals surface area contributed by atoms with E-state index in [1.165, 1.54) is 11.3 Å². The number of thiazole rings is 1. The summed E-state index contributed by atoms with van der Waals surface area (Å²) in [6, 6.07) is 11.4. The van der Waals surface area contributed by atoms with Crippen LogP contribution in [-0.2, 0) is 0 Å². The molecule has 5 heteroatoms. The molecule has 0 unspecified atom stereocenters. The van der Waals surface area contributed by atoms with Crippen molar-refractivity contribution < 1.29 is 4.79 Å². The summed E-state index contributed by atoms with van der Waals surface area (Å²) in [6.45, 7) is 3.96. The molecule has 0 spiro atoms. The molecule has 0 saturated carbocycles. The zero-order chi connectivity index (χ0) is 15.5. The van der Waals surface area contributed by atoms with Gasteiger partial charge in [-0.3, -0.25) is 15.1 Å². The largest absolute Gasteiger partial charge is 0.298 e. The third kappa shape index (κ3) is 3.20. The molecule has 0 aliphatic heterocycles. The van der Waals surface area contributed by atoms with Crippen LogP contribution in [0, 0.1) is 13.8 Å². The molecular formula is C17H15N3OS. The quantitative estimate of drug-likeness (QED) is 0.793. The van der Waals surface area contributed by atoms with E-state index in [0.717, 1.165) is 22.5 Å². The number of hydrogen-bond acceptors (Lipinski definition) is 4. The SMILES string of the molecule is Cc1cc(C)cc(C(=O)Nc2nc(-c3ccccn3)cs2)c1. The van der Waals surface area contributed by atoms with Gasteiger partial charge in [0, 0.05) is 17.1 Å². The van der Waals surface area contributed by atoms with Gasteiger partial charge in [-0.05, 0) is 38.1 Å². The van der Waals surface area contributed by atoms with Crippen molar-refractivity contribution in [3.05, 3.63) is 64.7 Å². The first-order chi connectivity index (χ1) is 10.6. The van der Waals surface area contributed by atoms with Crippen LogP contribution in [0.2, 0.25) is 0 Å². The van der Waals surface area contributed by atoms with Gasteiger partial charge in [-0.25, -0.2) is 4.98 Å². The van der Waals surface area contributed by atoms with Gasteiger partial charge < -0.3 is 0 Å². The van der Waals surface area contributed by atoms with Crippen molar-refractivity contribution >= 4 is 22.4 Å². The Morgan fingerprint density at radius 2 is 1.86 bits per heavy atom. The zero-order valence-electron chi connectivity index (χ0n) is 12.3. The average molecular weight is 309 g/mol. The van der Waals surface area contributed by atoms with Crippen molar-refractivity contribution in [1.29, 1.82) is 0 Å². The number of hydrogen-bond donors (Lipinski definition) is 1. The van der Waals surface area contributed by atoms with E-state index in [1.807, 2.05) is 55.6 Å². The van der Waals surface area contributed by atoms with Crippen LogP contribution in [-0.4, -0.2) is 15.9 Å². The Morgan fingerprint density at radius 1 is 1.09 bits per heavy atom. The Labute approximate surface area is 132 Å². The lowest BCUT2D eigenvalue weighted by atomic mass is 10.1. The monoisotopic (exact) mass is 309 g/mol. The van der Waals surface area contributed by atoms with E-state index in [-0.39, 0.29) is 5.91 Å². The highest BCUT2D eigenvalue weighted by Crippen LogP contribution is 2.23. The average Bonchev–Trinajstić information content (AvgIpc) is 2.95. The molecule has 3 rings (SSSR count). The van der Waals surface area contributed by atoms with Gasteiger partial charge in [0.1, 0.15) is 5.69 Å². The molecule has 1 aromatic carbocycles. The van der Waals surface area contributed by atoms with Gasteiger partial charge in [-0.2, -0.15) is 0 Å². The zero-order valence-corrected chi connectivity index (χ0v) is 13.1. The van der Waals surface area contributed by atoms with E-state index in [9.17, 15) is 4.79 Å². The molecule has 2 heterocycles. The molecule has 0 radical (unpaired) electrons. The molecule has 0 aliphatic rings. The third-order valence-corrected chi connectivity index (χ3v) is 3.89. The highest BCUT2D eigenvalue weighted by Gasteiger charge is 2.11. The molecule has 1 amide bonds. The lowest BCUT2D eigenvalue weighted by Crippen LogP contribution is -2.12.